The first-order valence-corrected chi connectivity index (χ1v) is 6.46. The van der Waals surface area contributed by atoms with Crippen LogP contribution in [0.25, 0.3) is 0 Å². The number of nitrogens with zero attached hydrogens (tertiary/aromatic N) is 2. The van der Waals surface area contributed by atoms with Gasteiger partial charge in [-0.25, -0.2) is 14.8 Å². The molecule has 0 radical (unpaired) electrons. The maximum absolute atomic E-state index is 11.7. The van der Waals surface area contributed by atoms with E-state index in [0.717, 1.165) is 11.4 Å². The Hall–Kier alpha value is -1.19. The minimum absolute atomic E-state index is 0.190. The fourth-order valence-corrected chi connectivity index (χ4v) is 2.09. The normalized spacial score (nSPS) is 19.2. The molecule has 102 valence electrons. The van der Waals surface area contributed by atoms with E-state index in [1.807, 2.05) is 48.5 Å². The summed E-state index contributed by atoms with van der Waals surface area (Å²) in [5.41, 5.74) is -0.244. The highest BCUT2D eigenvalue weighted by molar-refractivity contribution is 6.45. The fraction of sp³-hybridized carbons (Fsp3) is 0.786. The Morgan fingerprint density at radius 2 is 1.39 bits per heavy atom. The first kappa shape index (κ1) is 14.9. The summed E-state index contributed by atoms with van der Waals surface area (Å²) in [6.45, 7) is 13.7. The molecule has 4 heteroatoms. The average Bonchev–Trinajstić information content (AvgIpc) is 2.57. The Bertz CT molecular complexity index is 388. The second kappa shape index (κ2) is 4.48. The van der Waals surface area contributed by atoms with Crippen LogP contribution in [-0.2, 0) is 4.79 Å². The van der Waals surface area contributed by atoms with Gasteiger partial charge in [0.05, 0.1) is 11.4 Å². The topological polar surface area (TPSA) is 62.0 Å². The highest BCUT2D eigenvalue weighted by Crippen LogP contribution is 2.40. The predicted molar refractivity (Wildman–Crippen MR) is 74.4 cm³/mol. The first-order valence-electron chi connectivity index (χ1n) is 6.46. The van der Waals surface area contributed by atoms with E-state index in [1.54, 1.807) is 0 Å². The van der Waals surface area contributed by atoms with Gasteiger partial charge in [-0.1, -0.05) is 48.5 Å². The van der Waals surface area contributed by atoms with Gasteiger partial charge in [0, 0.05) is 5.41 Å². The van der Waals surface area contributed by atoms with Gasteiger partial charge in [-0.15, -0.1) is 0 Å². The molecule has 0 unspecified atom stereocenters. The molecule has 0 aromatic heterocycles. The average molecular weight is 252 g/mol. The quantitative estimate of drug-likeness (QED) is 0.839. The van der Waals surface area contributed by atoms with E-state index in [1.165, 1.54) is 0 Å². The molecule has 1 heterocycles. The van der Waals surface area contributed by atoms with E-state index in [0.29, 0.717) is 0 Å². The van der Waals surface area contributed by atoms with Crippen molar-refractivity contribution >= 4 is 17.4 Å². The van der Waals surface area contributed by atoms with Crippen molar-refractivity contribution in [1.82, 2.24) is 0 Å². The molecule has 0 bridgehead atoms. The number of carbonyl (C=O) groups is 1. The van der Waals surface area contributed by atoms with Gasteiger partial charge in [-0.3, -0.25) is 0 Å². The van der Waals surface area contributed by atoms with E-state index in [9.17, 15) is 9.90 Å². The summed E-state index contributed by atoms with van der Waals surface area (Å²) in [7, 11) is 0. The van der Waals surface area contributed by atoms with Crippen molar-refractivity contribution in [2.24, 2.45) is 27.2 Å². The maximum Gasteiger partial charge on any atom is 0.354 e. The fourth-order valence-electron chi connectivity index (χ4n) is 2.09. The highest BCUT2D eigenvalue weighted by Gasteiger charge is 2.53. The largest absolute Gasteiger partial charge is 0.478 e. The SMILES string of the molecule is CC(C)C1=NC(C(=O)O)(C(C)(C)C)N=C1C(C)C. The number of aliphatic carboxylic acids is 1. The van der Waals surface area contributed by atoms with Crippen molar-refractivity contribution in [3.63, 3.8) is 0 Å². The molecule has 0 amide bonds. The molecule has 0 aromatic rings. The summed E-state index contributed by atoms with van der Waals surface area (Å²) in [6, 6.07) is 0. The van der Waals surface area contributed by atoms with Gasteiger partial charge in [0.1, 0.15) is 0 Å². The predicted octanol–water partition coefficient (Wildman–Crippen LogP) is 3.02. The van der Waals surface area contributed by atoms with Crippen LogP contribution in [0.3, 0.4) is 0 Å². The minimum Gasteiger partial charge on any atom is -0.478 e. The van der Waals surface area contributed by atoms with Crippen molar-refractivity contribution in [2.75, 3.05) is 0 Å². The zero-order chi connectivity index (χ0) is 14.3. The second-order valence-electron chi connectivity index (χ2n) is 6.53. The number of rotatable bonds is 3. The van der Waals surface area contributed by atoms with E-state index >= 15 is 0 Å². The Morgan fingerprint density at radius 1 is 1.06 bits per heavy atom. The zero-order valence-electron chi connectivity index (χ0n) is 12.4. The number of hydrogen-bond donors (Lipinski definition) is 1. The van der Waals surface area contributed by atoms with Gasteiger partial charge in [0.15, 0.2) is 0 Å². The van der Waals surface area contributed by atoms with E-state index < -0.39 is 17.0 Å². The van der Waals surface area contributed by atoms with Crippen LogP contribution in [0, 0.1) is 17.3 Å². The van der Waals surface area contributed by atoms with Crippen LogP contribution in [0.2, 0.25) is 0 Å². The van der Waals surface area contributed by atoms with Crippen molar-refractivity contribution in [3.05, 3.63) is 0 Å². The molecule has 18 heavy (non-hydrogen) atoms. The lowest BCUT2D eigenvalue weighted by Gasteiger charge is -2.32. The Balaban J connectivity index is 3.47. The summed E-state index contributed by atoms with van der Waals surface area (Å²) < 4.78 is 0. The van der Waals surface area contributed by atoms with Crippen LogP contribution < -0.4 is 0 Å². The van der Waals surface area contributed by atoms with Crippen LogP contribution >= 0.6 is 0 Å². The third kappa shape index (κ3) is 2.20. The molecule has 4 nitrogen and oxygen atoms in total. The van der Waals surface area contributed by atoms with Crippen molar-refractivity contribution in [2.45, 2.75) is 54.1 Å². The van der Waals surface area contributed by atoms with Crippen molar-refractivity contribution in [3.8, 4) is 0 Å². The molecule has 0 fully saturated rings. The molecule has 0 atom stereocenters. The van der Waals surface area contributed by atoms with Gasteiger partial charge < -0.3 is 5.11 Å². The molecule has 1 aliphatic rings. The number of carboxylic acids is 1. The molecule has 0 aliphatic carbocycles. The molecule has 1 rings (SSSR count). The monoisotopic (exact) mass is 252 g/mol. The Kier molecular flexibility index (Phi) is 3.70. The minimum atomic E-state index is -1.37. The van der Waals surface area contributed by atoms with Gasteiger partial charge in [0.2, 0.25) is 0 Å². The third-order valence-electron chi connectivity index (χ3n) is 3.26. The van der Waals surface area contributed by atoms with Gasteiger partial charge in [-0.05, 0) is 11.8 Å². The second-order valence-corrected chi connectivity index (χ2v) is 6.53. The van der Waals surface area contributed by atoms with Crippen molar-refractivity contribution in [1.29, 1.82) is 0 Å². The smallest absolute Gasteiger partial charge is 0.354 e. The molecular weight excluding hydrogens is 228 g/mol. The molecule has 1 N–H and O–H groups in total. The summed E-state index contributed by atoms with van der Waals surface area (Å²) in [5, 5.41) is 9.58. The van der Waals surface area contributed by atoms with Crippen LogP contribution in [0.5, 0.6) is 0 Å². The standard InChI is InChI=1S/C14H24N2O2/c1-8(2)10-11(9(3)4)16-14(15-10,12(17)18)13(5,6)7/h8-9H,1-7H3,(H,17,18). The lowest BCUT2D eigenvalue weighted by Crippen LogP contribution is -2.46. The molecular formula is C14H24N2O2. The molecule has 0 saturated carbocycles. The summed E-state index contributed by atoms with van der Waals surface area (Å²) >= 11 is 0. The molecule has 0 saturated heterocycles. The Labute approximate surface area is 109 Å². The third-order valence-corrected chi connectivity index (χ3v) is 3.26. The molecule has 0 spiro atoms. The van der Waals surface area contributed by atoms with Gasteiger partial charge in [-0.2, -0.15) is 0 Å². The summed E-state index contributed by atoms with van der Waals surface area (Å²) in [5.74, 6) is -0.590. The van der Waals surface area contributed by atoms with Gasteiger partial charge in [0.25, 0.3) is 5.66 Å². The molecule has 0 aromatic carbocycles. The van der Waals surface area contributed by atoms with Crippen LogP contribution in [-0.4, -0.2) is 28.2 Å². The van der Waals surface area contributed by atoms with Crippen LogP contribution in [0.15, 0.2) is 9.98 Å². The maximum atomic E-state index is 11.7. The summed E-state index contributed by atoms with van der Waals surface area (Å²) in [4.78, 5) is 20.7. The summed E-state index contributed by atoms with van der Waals surface area (Å²) in [6.07, 6.45) is 0. The Morgan fingerprint density at radius 3 is 1.56 bits per heavy atom. The van der Waals surface area contributed by atoms with E-state index in [2.05, 4.69) is 9.98 Å². The number of hydrogen-bond acceptors (Lipinski definition) is 3. The highest BCUT2D eigenvalue weighted by atomic mass is 16.4. The van der Waals surface area contributed by atoms with E-state index in [-0.39, 0.29) is 11.8 Å². The van der Waals surface area contributed by atoms with Gasteiger partial charge >= 0.3 is 5.97 Å². The lowest BCUT2D eigenvalue weighted by molar-refractivity contribution is -0.146. The number of aliphatic imine (C=N–C) groups is 2. The molecule has 1 aliphatic heterocycles. The van der Waals surface area contributed by atoms with Crippen LogP contribution in [0.4, 0.5) is 0 Å². The lowest BCUT2D eigenvalue weighted by atomic mass is 9.81. The number of carboxylic acid groups (broad SMARTS) is 1. The zero-order valence-corrected chi connectivity index (χ0v) is 12.4. The van der Waals surface area contributed by atoms with Crippen molar-refractivity contribution < 1.29 is 9.90 Å². The first-order chi connectivity index (χ1) is 8.03. The van der Waals surface area contributed by atoms with E-state index in [4.69, 9.17) is 0 Å². The van der Waals surface area contributed by atoms with Crippen LogP contribution in [0.1, 0.15) is 48.5 Å².